The Morgan fingerprint density at radius 3 is 2.55 bits per heavy atom. The van der Waals surface area contributed by atoms with Crippen LogP contribution >= 0.6 is 15.9 Å². The van der Waals surface area contributed by atoms with E-state index in [2.05, 4.69) is 21.2 Å². The van der Waals surface area contributed by atoms with Gasteiger partial charge < -0.3 is 10.1 Å². The molecule has 0 aliphatic carbocycles. The van der Waals surface area contributed by atoms with E-state index in [0.717, 1.165) is 10.0 Å². The van der Waals surface area contributed by atoms with Gasteiger partial charge in [-0.15, -0.1) is 0 Å². The SMILES string of the molecule is COc1ccc(Br)cc1C(=O)N[C@H](C)c1ccccc1. The molecule has 0 fully saturated rings. The van der Waals surface area contributed by atoms with E-state index >= 15 is 0 Å². The monoisotopic (exact) mass is 333 g/mol. The van der Waals surface area contributed by atoms with Gasteiger partial charge in [-0.25, -0.2) is 0 Å². The normalized spacial score (nSPS) is 11.8. The summed E-state index contributed by atoms with van der Waals surface area (Å²) < 4.78 is 6.07. The highest BCUT2D eigenvalue weighted by Gasteiger charge is 2.15. The molecule has 0 saturated heterocycles. The lowest BCUT2D eigenvalue weighted by molar-refractivity contribution is 0.0937. The molecule has 0 aromatic heterocycles. The lowest BCUT2D eigenvalue weighted by Gasteiger charge is -2.16. The summed E-state index contributed by atoms with van der Waals surface area (Å²) in [6.45, 7) is 1.96. The lowest BCUT2D eigenvalue weighted by Crippen LogP contribution is -2.27. The van der Waals surface area contributed by atoms with E-state index in [-0.39, 0.29) is 11.9 Å². The van der Waals surface area contributed by atoms with Crippen LogP contribution in [0.15, 0.2) is 53.0 Å². The van der Waals surface area contributed by atoms with Gasteiger partial charge in [-0.05, 0) is 30.7 Å². The van der Waals surface area contributed by atoms with Crippen LogP contribution in [0.5, 0.6) is 5.75 Å². The lowest BCUT2D eigenvalue weighted by atomic mass is 10.1. The summed E-state index contributed by atoms with van der Waals surface area (Å²) in [6, 6.07) is 15.2. The Morgan fingerprint density at radius 2 is 1.90 bits per heavy atom. The molecule has 0 spiro atoms. The van der Waals surface area contributed by atoms with Gasteiger partial charge in [0.05, 0.1) is 18.7 Å². The zero-order valence-corrected chi connectivity index (χ0v) is 13.0. The third-order valence-electron chi connectivity index (χ3n) is 3.05. The van der Waals surface area contributed by atoms with Crippen LogP contribution in [0.1, 0.15) is 28.9 Å². The van der Waals surface area contributed by atoms with Gasteiger partial charge in [-0.3, -0.25) is 4.79 Å². The summed E-state index contributed by atoms with van der Waals surface area (Å²) in [5.41, 5.74) is 1.58. The molecule has 104 valence electrons. The molecular weight excluding hydrogens is 318 g/mol. The van der Waals surface area contributed by atoms with Crippen molar-refractivity contribution in [3.8, 4) is 5.75 Å². The first-order valence-corrected chi connectivity index (χ1v) is 7.10. The van der Waals surface area contributed by atoms with E-state index in [1.54, 1.807) is 19.2 Å². The van der Waals surface area contributed by atoms with Gasteiger partial charge >= 0.3 is 0 Å². The number of methoxy groups -OCH3 is 1. The van der Waals surface area contributed by atoms with Gasteiger partial charge in [-0.2, -0.15) is 0 Å². The molecule has 1 atom stereocenters. The van der Waals surface area contributed by atoms with E-state index in [4.69, 9.17) is 4.74 Å². The average Bonchev–Trinajstić information content (AvgIpc) is 2.48. The zero-order valence-electron chi connectivity index (χ0n) is 11.4. The first-order valence-electron chi connectivity index (χ1n) is 6.31. The number of amides is 1. The van der Waals surface area contributed by atoms with Crippen LogP contribution in [0.4, 0.5) is 0 Å². The molecule has 0 radical (unpaired) electrons. The third kappa shape index (κ3) is 3.39. The maximum Gasteiger partial charge on any atom is 0.255 e. The summed E-state index contributed by atoms with van der Waals surface area (Å²) in [6.07, 6.45) is 0. The number of hydrogen-bond donors (Lipinski definition) is 1. The van der Waals surface area contributed by atoms with Crippen LogP contribution in [0.3, 0.4) is 0 Å². The van der Waals surface area contributed by atoms with Gasteiger partial charge in [0.15, 0.2) is 0 Å². The van der Waals surface area contributed by atoms with Crippen LogP contribution in [-0.4, -0.2) is 13.0 Å². The fourth-order valence-electron chi connectivity index (χ4n) is 1.96. The second kappa shape index (κ2) is 6.57. The molecule has 0 aliphatic rings. The molecule has 0 heterocycles. The molecule has 2 aromatic carbocycles. The summed E-state index contributed by atoms with van der Waals surface area (Å²) in [7, 11) is 1.56. The predicted octanol–water partition coefficient (Wildman–Crippen LogP) is 3.95. The van der Waals surface area contributed by atoms with Gasteiger partial charge in [0, 0.05) is 4.47 Å². The van der Waals surface area contributed by atoms with Crippen molar-refractivity contribution in [3.05, 3.63) is 64.1 Å². The quantitative estimate of drug-likeness (QED) is 0.919. The minimum atomic E-state index is -0.153. The summed E-state index contributed by atoms with van der Waals surface area (Å²) in [5.74, 6) is 0.408. The number of benzene rings is 2. The number of carbonyl (C=O) groups is 1. The predicted molar refractivity (Wildman–Crippen MR) is 83.0 cm³/mol. The second-order valence-corrected chi connectivity index (χ2v) is 5.37. The molecule has 20 heavy (non-hydrogen) atoms. The van der Waals surface area contributed by atoms with E-state index < -0.39 is 0 Å². The van der Waals surface area contributed by atoms with Crippen LogP contribution in [-0.2, 0) is 0 Å². The minimum absolute atomic E-state index is 0.0626. The maximum atomic E-state index is 12.3. The number of halogens is 1. The average molecular weight is 334 g/mol. The molecule has 0 unspecified atom stereocenters. The topological polar surface area (TPSA) is 38.3 Å². The fraction of sp³-hybridized carbons (Fsp3) is 0.188. The zero-order chi connectivity index (χ0) is 14.5. The molecule has 4 heteroatoms. The maximum absolute atomic E-state index is 12.3. The molecule has 1 amide bonds. The van der Waals surface area contributed by atoms with Crippen molar-refractivity contribution in [2.45, 2.75) is 13.0 Å². The summed E-state index contributed by atoms with van der Waals surface area (Å²) in [5, 5.41) is 2.97. The Labute approximate surface area is 127 Å². The first-order chi connectivity index (χ1) is 9.61. The molecule has 0 saturated carbocycles. The Morgan fingerprint density at radius 1 is 1.20 bits per heavy atom. The minimum Gasteiger partial charge on any atom is -0.496 e. The Balaban J connectivity index is 2.18. The molecule has 2 rings (SSSR count). The Hall–Kier alpha value is -1.81. The van der Waals surface area contributed by atoms with Crippen molar-refractivity contribution in [1.82, 2.24) is 5.32 Å². The Bertz CT molecular complexity index is 599. The van der Waals surface area contributed by atoms with Crippen molar-refractivity contribution in [2.75, 3.05) is 7.11 Å². The molecule has 0 aliphatic heterocycles. The van der Waals surface area contributed by atoms with E-state index in [1.807, 2.05) is 43.3 Å². The molecular formula is C16H16BrNO2. The first kappa shape index (κ1) is 14.6. The van der Waals surface area contributed by atoms with Gasteiger partial charge in [0.1, 0.15) is 5.75 Å². The van der Waals surface area contributed by atoms with Crippen molar-refractivity contribution >= 4 is 21.8 Å². The summed E-state index contributed by atoms with van der Waals surface area (Å²) >= 11 is 3.37. The largest absolute Gasteiger partial charge is 0.496 e. The van der Waals surface area contributed by atoms with Crippen LogP contribution in [0.25, 0.3) is 0 Å². The molecule has 2 aromatic rings. The van der Waals surface area contributed by atoms with Crippen molar-refractivity contribution in [2.24, 2.45) is 0 Å². The van der Waals surface area contributed by atoms with Crippen LogP contribution in [0.2, 0.25) is 0 Å². The Kier molecular flexibility index (Phi) is 4.79. The van der Waals surface area contributed by atoms with E-state index in [9.17, 15) is 4.79 Å². The number of nitrogens with one attached hydrogen (secondary N) is 1. The highest BCUT2D eigenvalue weighted by Crippen LogP contribution is 2.23. The molecule has 1 N–H and O–H groups in total. The third-order valence-corrected chi connectivity index (χ3v) is 3.55. The molecule has 0 bridgehead atoms. The van der Waals surface area contributed by atoms with Crippen LogP contribution in [0, 0.1) is 0 Å². The smallest absolute Gasteiger partial charge is 0.255 e. The van der Waals surface area contributed by atoms with E-state index in [1.165, 1.54) is 0 Å². The van der Waals surface area contributed by atoms with Crippen molar-refractivity contribution < 1.29 is 9.53 Å². The van der Waals surface area contributed by atoms with E-state index in [0.29, 0.717) is 11.3 Å². The van der Waals surface area contributed by atoms with Crippen LogP contribution < -0.4 is 10.1 Å². The molecule has 3 nitrogen and oxygen atoms in total. The number of carbonyl (C=O) groups excluding carboxylic acids is 1. The summed E-state index contributed by atoms with van der Waals surface area (Å²) in [4.78, 5) is 12.3. The fourth-order valence-corrected chi connectivity index (χ4v) is 2.32. The van der Waals surface area contributed by atoms with Gasteiger partial charge in [0.2, 0.25) is 0 Å². The van der Waals surface area contributed by atoms with Crippen molar-refractivity contribution in [3.63, 3.8) is 0 Å². The number of hydrogen-bond acceptors (Lipinski definition) is 2. The highest BCUT2D eigenvalue weighted by atomic mass is 79.9. The highest BCUT2D eigenvalue weighted by molar-refractivity contribution is 9.10. The van der Waals surface area contributed by atoms with Crippen molar-refractivity contribution in [1.29, 1.82) is 0 Å². The standard InChI is InChI=1S/C16H16BrNO2/c1-11(12-6-4-3-5-7-12)18-16(19)14-10-13(17)8-9-15(14)20-2/h3-11H,1-2H3,(H,18,19)/t11-/m1/s1. The number of ether oxygens (including phenoxy) is 1. The van der Waals surface area contributed by atoms with Gasteiger partial charge in [0.25, 0.3) is 5.91 Å². The van der Waals surface area contributed by atoms with Gasteiger partial charge in [-0.1, -0.05) is 46.3 Å². The second-order valence-electron chi connectivity index (χ2n) is 4.45. The number of rotatable bonds is 4.